The van der Waals surface area contributed by atoms with Crippen LogP contribution < -0.4 is 0 Å². The molecule has 0 spiro atoms. The quantitative estimate of drug-likeness (QED) is 0.774. The summed E-state index contributed by atoms with van der Waals surface area (Å²) in [5, 5.41) is 0. The van der Waals surface area contributed by atoms with E-state index in [4.69, 9.17) is 0 Å². The first-order valence-electron chi connectivity index (χ1n) is 6.77. The summed E-state index contributed by atoms with van der Waals surface area (Å²) in [4.78, 5) is 15.0. The number of amides is 1. The summed E-state index contributed by atoms with van der Waals surface area (Å²) in [6, 6.07) is 16.0. The molecule has 0 aliphatic heterocycles. The van der Waals surface area contributed by atoms with Crippen LogP contribution in [0.2, 0.25) is 0 Å². The average Bonchev–Trinajstić information content (AvgIpc) is 2.53. The minimum Gasteiger partial charge on any atom is -0.338 e. The van der Waals surface area contributed by atoms with Crippen molar-refractivity contribution in [1.29, 1.82) is 0 Å². The zero-order valence-electron chi connectivity index (χ0n) is 12.1. The van der Waals surface area contributed by atoms with Crippen LogP contribution in [0.5, 0.6) is 0 Å². The summed E-state index contributed by atoms with van der Waals surface area (Å²) in [5.74, 6) is 0.187. The number of benzene rings is 2. The summed E-state index contributed by atoms with van der Waals surface area (Å²) in [5.41, 5.74) is 0.928. The fourth-order valence-corrected chi connectivity index (χ4v) is 2.79. The Morgan fingerprint density at radius 3 is 2.38 bits per heavy atom. The maximum absolute atomic E-state index is 12.9. The van der Waals surface area contributed by atoms with Crippen LogP contribution in [0.4, 0.5) is 4.39 Å². The Bertz CT molecular complexity index is 585. The molecule has 0 aliphatic carbocycles. The summed E-state index contributed by atoms with van der Waals surface area (Å²) in [7, 11) is 1.78. The summed E-state index contributed by atoms with van der Waals surface area (Å²) >= 11 is 1.52. The lowest BCUT2D eigenvalue weighted by atomic mass is 10.1. The van der Waals surface area contributed by atoms with Gasteiger partial charge in [0.05, 0.1) is 11.8 Å². The van der Waals surface area contributed by atoms with Crippen LogP contribution in [0.25, 0.3) is 0 Å². The van der Waals surface area contributed by atoms with Crippen LogP contribution in [-0.4, -0.2) is 23.6 Å². The molecule has 0 aliphatic rings. The number of thioether (sulfide) groups is 1. The molecule has 2 nitrogen and oxygen atoms in total. The van der Waals surface area contributed by atoms with Crippen molar-refractivity contribution >= 4 is 17.7 Å². The fraction of sp³-hybridized carbons (Fsp3) is 0.235. The van der Waals surface area contributed by atoms with Gasteiger partial charge >= 0.3 is 0 Å². The molecule has 21 heavy (non-hydrogen) atoms. The maximum Gasteiger partial charge on any atom is 0.233 e. The summed E-state index contributed by atoms with van der Waals surface area (Å²) < 4.78 is 12.9. The topological polar surface area (TPSA) is 20.3 Å². The van der Waals surface area contributed by atoms with Crippen LogP contribution in [0.3, 0.4) is 0 Å². The summed E-state index contributed by atoms with van der Waals surface area (Å²) in [6.45, 7) is 1.94. The van der Waals surface area contributed by atoms with Gasteiger partial charge in [-0.3, -0.25) is 4.79 Å². The molecule has 2 aromatic carbocycles. The van der Waals surface area contributed by atoms with Crippen LogP contribution in [-0.2, 0) is 4.79 Å². The van der Waals surface area contributed by atoms with Crippen molar-refractivity contribution in [2.24, 2.45) is 0 Å². The van der Waals surface area contributed by atoms with Crippen molar-refractivity contribution < 1.29 is 9.18 Å². The van der Waals surface area contributed by atoms with E-state index in [0.717, 1.165) is 10.5 Å². The number of rotatable bonds is 5. The first-order chi connectivity index (χ1) is 10.1. The molecule has 0 saturated carbocycles. The second kappa shape index (κ2) is 7.27. The van der Waals surface area contributed by atoms with Gasteiger partial charge < -0.3 is 4.90 Å². The third-order valence-electron chi connectivity index (χ3n) is 3.43. The van der Waals surface area contributed by atoms with Gasteiger partial charge in [0, 0.05) is 11.9 Å². The molecule has 0 N–H and O–H groups in total. The van der Waals surface area contributed by atoms with Crippen LogP contribution in [0, 0.1) is 5.82 Å². The molecule has 0 aromatic heterocycles. The Morgan fingerprint density at radius 2 is 1.76 bits per heavy atom. The monoisotopic (exact) mass is 303 g/mol. The highest BCUT2D eigenvalue weighted by Gasteiger charge is 2.17. The number of hydrogen-bond acceptors (Lipinski definition) is 2. The van der Waals surface area contributed by atoms with E-state index in [-0.39, 0.29) is 17.8 Å². The molecule has 4 heteroatoms. The number of nitrogens with zero attached hydrogens (tertiary/aromatic N) is 1. The molecule has 0 radical (unpaired) electrons. The second-order valence-corrected chi connectivity index (χ2v) is 5.88. The first-order valence-corrected chi connectivity index (χ1v) is 7.75. The Kier molecular flexibility index (Phi) is 5.39. The number of carbonyl (C=O) groups excluding carboxylic acids is 1. The molecular formula is C17H18FNOS. The van der Waals surface area contributed by atoms with Gasteiger partial charge in [-0.1, -0.05) is 30.3 Å². The van der Waals surface area contributed by atoms with Crippen molar-refractivity contribution in [3.8, 4) is 0 Å². The van der Waals surface area contributed by atoms with E-state index in [1.165, 1.54) is 23.9 Å². The Hall–Kier alpha value is -1.81. The lowest BCUT2D eigenvalue weighted by Gasteiger charge is -2.25. The highest BCUT2D eigenvalue weighted by molar-refractivity contribution is 8.00. The lowest BCUT2D eigenvalue weighted by Crippen LogP contribution is -2.31. The molecule has 1 amide bonds. The van der Waals surface area contributed by atoms with E-state index in [2.05, 4.69) is 0 Å². The van der Waals surface area contributed by atoms with E-state index in [1.807, 2.05) is 37.3 Å². The van der Waals surface area contributed by atoms with E-state index < -0.39 is 0 Å². The first kappa shape index (κ1) is 15.6. The standard InChI is InChI=1S/C17H18FNOS/c1-13(14-8-10-15(18)11-9-14)19(2)17(20)12-21-16-6-4-3-5-7-16/h3-11,13H,12H2,1-2H3. The Morgan fingerprint density at radius 1 is 1.14 bits per heavy atom. The van der Waals surface area contributed by atoms with Gasteiger partial charge in [-0.2, -0.15) is 0 Å². The van der Waals surface area contributed by atoms with Crippen LogP contribution in [0.1, 0.15) is 18.5 Å². The lowest BCUT2D eigenvalue weighted by molar-refractivity contribution is -0.128. The molecule has 0 saturated heterocycles. The molecule has 0 bridgehead atoms. The van der Waals surface area contributed by atoms with Gasteiger partial charge in [-0.05, 0) is 36.8 Å². The van der Waals surface area contributed by atoms with Crippen molar-refractivity contribution in [2.75, 3.05) is 12.8 Å². The van der Waals surface area contributed by atoms with Crippen molar-refractivity contribution in [1.82, 2.24) is 4.90 Å². The summed E-state index contributed by atoms with van der Waals surface area (Å²) in [6.07, 6.45) is 0. The average molecular weight is 303 g/mol. The molecule has 110 valence electrons. The van der Waals surface area contributed by atoms with Gasteiger partial charge in [-0.15, -0.1) is 11.8 Å². The van der Waals surface area contributed by atoms with Gasteiger partial charge in [0.15, 0.2) is 0 Å². The highest BCUT2D eigenvalue weighted by atomic mass is 32.2. The minimum absolute atomic E-state index is 0.0562. The number of hydrogen-bond donors (Lipinski definition) is 0. The third kappa shape index (κ3) is 4.33. The van der Waals surface area contributed by atoms with Crippen molar-refractivity contribution in [2.45, 2.75) is 17.9 Å². The van der Waals surface area contributed by atoms with Crippen LogP contribution >= 0.6 is 11.8 Å². The predicted octanol–water partition coefficient (Wildman–Crippen LogP) is 4.14. The molecule has 0 fully saturated rings. The zero-order valence-corrected chi connectivity index (χ0v) is 12.9. The molecule has 2 rings (SSSR count). The molecule has 2 aromatic rings. The van der Waals surface area contributed by atoms with E-state index in [0.29, 0.717) is 5.75 Å². The van der Waals surface area contributed by atoms with E-state index >= 15 is 0 Å². The smallest absolute Gasteiger partial charge is 0.233 e. The fourth-order valence-electron chi connectivity index (χ4n) is 1.94. The molecule has 1 unspecified atom stereocenters. The highest BCUT2D eigenvalue weighted by Crippen LogP contribution is 2.22. The van der Waals surface area contributed by atoms with Gasteiger partial charge in [0.2, 0.25) is 5.91 Å². The maximum atomic E-state index is 12.9. The largest absolute Gasteiger partial charge is 0.338 e. The van der Waals surface area contributed by atoms with Crippen molar-refractivity contribution in [3.63, 3.8) is 0 Å². The molecular weight excluding hydrogens is 285 g/mol. The third-order valence-corrected chi connectivity index (χ3v) is 4.43. The Labute approximate surface area is 129 Å². The predicted molar refractivity (Wildman–Crippen MR) is 84.8 cm³/mol. The normalized spacial score (nSPS) is 12.0. The number of halogens is 1. The van der Waals surface area contributed by atoms with E-state index in [9.17, 15) is 9.18 Å². The molecule has 1 atom stereocenters. The molecule has 0 heterocycles. The number of carbonyl (C=O) groups is 1. The SMILES string of the molecule is CC(c1ccc(F)cc1)N(C)C(=O)CSc1ccccc1. The van der Waals surface area contributed by atoms with Gasteiger partial charge in [-0.25, -0.2) is 4.39 Å². The van der Waals surface area contributed by atoms with Gasteiger partial charge in [0.1, 0.15) is 5.82 Å². The van der Waals surface area contributed by atoms with Crippen molar-refractivity contribution in [3.05, 3.63) is 66.0 Å². The Balaban J connectivity index is 1.94. The van der Waals surface area contributed by atoms with Crippen LogP contribution in [0.15, 0.2) is 59.5 Å². The second-order valence-electron chi connectivity index (χ2n) is 4.83. The van der Waals surface area contributed by atoms with E-state index in [1.54, 1.807) is 24.1 Å². The zero-order chi connectivity index (χ0) is 15.2. The van der Waals surface area contributed by atoms with Gasteiger partial charge in [0.25, 0.3) is 0 Å². The minimum atomic E-state index is -0.264.